The zero-order valence-corrected chi connectivity index (χ0v) is 12.8. The van der Waals surface area contributed by atoms with Crippen molar-refractivity contribution in [3.63, 3.8) is 0 Å². The molecule has 1 fully saturated rings. The molecule has 1 aliphatic heterocycles. The van der Waals surface area contributed by atoms with E-state index in [1.54, 1.807) is 31.4 Å². The lowest BCUT2D eigenvalue weighted by Crippen LogP contribution is -2.50. The van der Waals surface area contributed by atoms with Gasteiger partial charge in [-0.1, -0.05) is 0 Å². The molecule has 0 atom stereocenters. The molecule has 6 heteroatoms. The van der Waals surface area contributed by atoms with Crippen LogP contribution in [0.4, 0.5) is 0 Å². The second kappa shape index (κ2) is 8.25. The number of hydrogen-bond donors (Lipinski definition) is 0. The molecule has 0 unspecified atom stereocenters. The molecule has 0 aliphatic carbocycles. The highest BCUT2D eigenvalue weighted by Gasteiger charge is 2.20. The summed E-state index contributed by atoms with van der Waals surface area (Å²) in [7, 11) is 1.61. The zero-order valence-electron chi connectivity index (χ0n) is 12.8. The molecule has 0 saturated carbocycles. The Morgan fingerprint density at radius 2 is 1.82 bits per heavy atom. The fraction of sp³-hybridized carbons (Fsp3) is 0.500. The Bertz CT molecular complexity index is 516. The van der Waals surface area contributed by atoms with Gasteiger partial charge in [0.25, 0.3) is 5.91 Å². The largest absolute Gasteiger partial charge is 0.497 e. The molecule has 0 radical (unpaired) electrons. The van der Waals surface area contributed by atoms with Crippen LogP contribution in [0.1, 0.15) is 6.42 Å². The van der Waals surface area contributed by atoms with E-state index in [0.29, 0.717) is 25.3 Å². The van der Waals surface area contributed by atoms with E-state index in [-0.39, 0.29) is 12.5 Å². The summed E-state index contributed by atoms with van der Waals surface area (Å²) in [6.45, 7) is 3.84. The number of nitriles is 1. The molecule has 22 heavy (non-hydrogen) atoms. The van der Waals surface area contributed by atoms with Gasteiger partial charge in [0.15, 0.2) is 6.61 Å². The van der Waals surface area contributed by atoms with Crippen molar-refractivity contribution < 1.29 is 14.3 Å². The lowest BCUT2D eigenvalue weighted by molar-refractivity contribution is -0.135. The Kier molecular flexibility index (Phi) is 6.04. The number of benzene rings is 1. The molecule has 1 aromatic rings. The van der Waals surface area contributed by atoms with E-state index in [9.17, 15) is 4.79 Å². The first-order valence-electron chi connectivity index (χ1n) is 7.37. The Morgan fingerprint density at radius 1 is 1.18 bits per heavy atom. The topological polar surface area (TPSA) is 65.8 Å². The summed E-state index contributed by atoms with van der Waals surface area (Å²) in [5, 5.41) is 8.58. The third-order valence-electron chi connectivity index (χ3n) is 3.69. The molecule has 1 aliphatic rings. The monoisotopic (exact) mass is 303 g/mol. The molecule has 0 bridgehead atoms. The molecule has 1 saturated heterocycles. The average molecular weight is 303 g/mol. The van der Waals surface area contributed by atoms with Crippen LogP contribution in [0.25, 0.3) is 0 Å². The molecule has 2 rings (SSSR count). The Labute approximate surface area is 130 Å². The van der Waals surface area contributed by atoms with Crippen molar-refractivity contribution in [2.24, 2.45) is 0 Å². The predicted molar refractivity (Wildman–Crippen MR) is 81.7 cm³/mol. The Morgan fingerprint density at radius 3 is 2.41 bits per heavy atom. The molecule has 6 nitrogen and oxygen atoms in total. The van der Waals surface area contributed by atoms with Crippen molar-refractivity contribution >= 4 is 5.91 Å². The van der Waals surface area contributed by atoms with Crippen LogP contribution >= 0.6 is 0 Å². The first-order chi connectivity index (χ1) is 10.7. The maximum absolute atomic E-state index is 12.1. The third kappa shape index (κ3) is 4.64. The fourth-order valence-electron chi connectivity index (χ4n) is 2.34. The van der Waals surface area contributed by atoms with Gasteiger partial charge in [-0.15, -0.1) is 0 Å². The van der Waals surface area contributed by atoms with E-state index in [2.05, 4.69) is 11.0 Å². The van der Waals surface area contributed by atoms with Gasteiger partial charge in [-0.25, -0.2) is 0 Å². The highest BCUT2D eigenvalue weighted by atomic mass is 16.5. The van der Waals surface area contributed by atoms with Crippen LogP contribution in [0.5, 0.6) is 11.5 Å². The predicted octanol–water partition coefficient (Wildman–Crippen LogP) is 1.13. The normalized spacial score (nSPS) is 15.2. The number of piperazine rings is 1. The van der Waals surface area contributed by atoms with Crippen LogP contribution in [-0.2, 0) is 4.79 Å². The van der Waals surface area contributed by atoms with Crippen LogP contribution < -0.4 is 9.47 Å². The standard InChI is InChI=1S/C16H21N3O3/c1-21-14-3-5-15(6-4-14)22-13-16(20)19-11-9-18(10-12-19)8-2-7-17/h3-6H,2,8-13H2,1H3. The molecule has 1 heterocycles. The summed E-state index contributed by atoms with van der Waals surface area (Å²) in [6, 6.07) is 9.31. The lowest BCUT2D eigenvalue weighted by Gasteiger charge is -2.34. The van der Waals surface area contributed by atoms with Crippen molar-refractivity contribution in [2.45, 2.75) is 6.42 Å². The summed E-state index contributed by atoms with van der Waals surface area (Å²) in [5.74, 6) is 1.41. The second-order valence-corrected chi connectivity index (χ2v) is 5.09. The maximum Gasteiger partial charge on any atom is 0.260 e. The number of ether oxygens (including phenoxy) is 2. The minimum atomic E-state index is -0.00393. The van der Waals surface area contributed by atoms with Crippen LogP contribution in [0.3, 0.4) is 0 Å². The zero-order chi connectivity index (χ0) is 15.8. The summed E-state index contributed by atoms with van der Waals surface area (Å²) in [4.78, 5) is 16.1. The van der Waals surface area contributed by atoms with Gasteiger partial charge in [-0.3, -0.25) is 9.69 Å². The van der Waals surface area contributed by atoms with E-state index >= 15 is 0 Å². The van der Waals surface area contributed by atoms with E-state index in [1.807, 2.05) is 4.90 Å². The van der Waals surface area contributed by atoms with Crippen LogP contribution in [0, 0.1) is 11.3 Å². The molecule has 1 amide bonds. The molecule has 0 aromatic heterocycles. The van der Waals surface area contributed by atoms with Crippen molar-refractivity contribution in [1.82, 2.24) is 9.80 Å². The number of carbonyl (C=O) groups is 1. The number of amides is 1. The van der Waals surface area contributed by atoms with E-state index in [0.717, 1.165) is 25.4 Å². The van der Waals surface area contributed by atoms with E-state index in [1.165, 1.54) is 0 Å². The lowest BCUT2D eigenvalue weighted by atomic mass is 10.3. The van der Waals surface area contributed by atoms with Gasteiger partial charge in [0.2, 0.25) is 0 Å². The first kappa shape index (κ1) is 16.1. The van der Waals surface area contributed by atoms with Gasteiger partial charge >= 0.3 is 0 Å². The Balaban J connectivity index is 1.72. The van der Waals surface area contributed by atoms with Crippen molar-refractivity contribution in [3.8, 4) is 17.6 Å². The van der Waals surface area contributed by atoms with Gasteiger partial charge in [0.05, 0.1) is 13.2 Å². The number of nitrogens with zero attached hydrogens (tertiary/aromatic N) is 3. The number of methoxy groups -OCH3 is 1. The molecule has 0 spiro atoms. The minimum absolute atomic E-state index is 0.00393. The smallest absolute Gasteiger partial charge is 0.260 e. The second-order valence-electron chi connectivity index (χ2n) is 5.09. The van der Waals surface area contributed by atoms with Gasteiger partial charge in [-0.05, 0) is 24.3 Å². The fourth-order valence-corrected chi connectivity index (χ4v) is 2.34. The number of rotatable bonds is 6. The van der Waals surface area contributed by atoms with Crippen LogP contribution in [0.2, 0.25) is 0 Å². The summed E-state index contributed by atoms with van der Waals surface area (Å²) >= 11 is 0. The van der Waals surface area contributed by atoms with Crippen molar-refractivity contribution in [1.29, 1.82) is 5.26 Å². The van der Waals surface area contributed by atoms with E-state index in [4.69, 9.17) is 14.7 Å². The summed E-state index contributed by atoms with van der Waals surface area (Å²) < 4.78 is 10.6. The number of carbonyl (C=O) groups excluding carboxylic acids is 1. The molecule has 1 aromatic carbocycles. The van der Waals surface area contributed by atoms with Crippen LogP contribution in [-0.4, -0.2) is 62.1 Å². The van der Waals surface area contributed by atoms with Crippen molar-refractivity contribution in [2.75, 3.05) is 46.4 Å². The average Bonchev–Trinajstić information content (AvgIpc) is 2.58. The van der Waals surface area contributed by atoms with Gasteiger partial charge < -0.3 is 14.4 Å². The summed E-state index contributed by atoms with van der Waals surface area (Å²) in [5.41, 5.74) is 0. The molecule has 118 valence electrons. The molecular formula is C16H21N3O3. The number of hydrogen-bond acceptors (Lipinski definition) is 5. The highest BCUT2D eigenvalue weighted by molar-refractivity contribution is 5.77. The SMILES string of the molecule is COc1ccc(OCC(=O)N2CCN(CCC#N)CC2)cc1. The summed E-state index contributed by atoms with van der Waals surface area (Å²) in [6.07, 6.45) is 0.536. The van der Waals surface area contributed by atoms with Gasteiger partial charge in [0, 0.05) is 39.1 Å². The third-order valence-corrected chi connectivity index (χ3v) is 3.69. The van der Waals surface area contributed by atoms with Crippen molar-refractivity contribution in [3.05, 3.63) is 24.3 Å². The maximum atomic E-state index is 12.1. The van der Waals surface area contributed by atoms with Gasteiger partial charge in [-0.2, -0.15) is 5.26 Å². The van der Waals surface area contributed by atoms with E-state index < -0.39 is 0 Å². The molecular weight excluding hydrogens is 282 g/mol. The quantitative estimate of drug-likeness (QED) is 0.788. The highest BCUT2D eigenvalue weighted by Crippen LogP contribution is 2.17. The van der Waals surface area contributed by atoms with Crippen LogP contribution in [0.15, 0.2) is 24.3 Å². The Hall–Kier alpha value is -2.26. The first-order valence-corrected chi connectivity index (χ1v) is 7.37. The minimum Gasteiger partial charge on any atom is -0.497 e. The van der Waals surface area contributed by atoms with Gasteiger partial charge in [0.1, 0.15) is 11.5 Å². The molecule has 0 N–H and O–H groups in total.